The van der Waals surface area contributed by atoms with Crippen molar-refractivity contribution in [2.45, 2.75) is 0 Å². The van der Waals surface area contributed by atoms with Gasteiger partial charge in [-0.2, -0.15) is 0 Å². The van der Waals surface area contributed by atoms with Gasteiger partial charge in [-0.1, -0.05) is 45.4 Å². The van der Waals surface area contributed by atoms with Gasteiger partial charge in [0.25, 0.3) is 0 Å². The second kappa shape index (κ2) is 5.61. The van der Waals surface area contributed by atoms with Crippen LogP contribution in [-0.4, -0.2) is 12.3 Å². The molecule has 4 nitrogen and oxygen atoms in total. The van der Waals surface area contributed by atoms with Gasteiger partial charge in [0.2, 0.25) is 0 Å². The van der Waals surface area contributed by atoms with E-state index in [-0.39, 0.29) is 0 Å². The molecule has 2 aromatic carbocycles. The first kappa shape index (κ1) is 13.7. The Hall–Kier alpha value is -2.27. The Kier molecular flexibility index (Phi) is 3.66. The highest BCUT2D eigenvalue weighted by Gasteiger charge is 2.20. The van der Waals surface area contributed by atoms with Gasteiger partial charge in [0.05, 0.1) is 18.2 Å². The van der Waals surface area contributed by atoms with Gasteiger partial charge in [-0.3, -0.25) is 0 Å². The summed E-state index contributed by atoms with van der Waals surface area (Å²) in [5.41, 5.74) is 8.52. The average Bonchev–Trinajstić information content (AvgIpc) is 2.90. The van der Waals surface area contributed by atoms with E-state index in [0.717, 1.165) is 21.2 Å². The van der Waals surface area contributed by atoms with Gasteiger partial charge in [-0.15, -0.1) is 0 Å². The second-order valence-corrected chi connectivity index (χ2v) is 5.39. The number of para-hydroxylation sites is 1. The van der Waals surface area contributed by atoms with Crippen LogP contribution >= 0.6 is 15.9 Å². The molecule has 0 bridgehead atoms. The molecule has 21 heavy (non-hydrogen) atoms. The van der Waals surface area contributed by atoms with Crippen LogP contribution in [0.4, 0.5) is 5.82 Å². The van der Waals surface area contributed by atoms with Crippen LogP contribution in [0.15, 0.2) is 57.5 Å². The van der Waals surface area contributed by atoms with E-state index in [0.29, 0.717) is 17.3 Å². The lowest BCUT2D eigenvalue weighted by atomic mass is 10.0. The van der Waals surface area contributed by atoms with E-state index < -0.39 is 0 Å². The third-order valence-electron chi connectivity index (χ3n) is 3.20. The molecule has 0 spiro atoms. The minimum Gasteiger partial charge on any atom is -0.496 e. The van der Waals surface area contributed by atoms with Crippen LogP contribution in [0, 0.1) is 0 Å². The number of hydrogen-bond donors (Lipinski definition) is 1. The Labute approximate surface area is 130 Å². The van der Waals surface area contributed by atoms with Crippen LogP contribution in [0.1, 0.15) is 0 Å². The summed E-state index contributed by atoms with van der Waals surface area (Å²) in [6.45, 7) is 0. The number of benzene rings is 2. The molecule has 0 aliphatic rings. The smallest absolute Gasteiger partial charge is 0.180 e. The summed E-state index contributed by atoms with van der Waals surface area (Å²) in [6.07, 6.45) is 0. The quantitative estimate of drug-likeness (QED) is 0.766. The molecule has 0 atom stereocenters. The van der Waals surface area contributed by atoms with E-state index in [2.05, 4.69) is 21.1 Å². The molecule has 0 saturated heterocycles. The molecule has 1 aromatic heterocycles. The Balaban J connectivity index is 2.19. The molecule has 0 unspecified atom stereocenters. The lowest BCUT2D eigenvalue weighted by Gasteiger charge is -2.07. The topological polar surface area (TPSA) is 61.3 Å². The Morgan fingerprint density at radius 3 is 2.52 bits per heavy atom. The van der Waals surface area contributed by atoms with E-state index in [1.54, 1.807) is 7.11 Å². The van der Waals surface area contributed by atoms with Crippen molar-refractivity contribution in [3.63, 3.8) is 0 Å². The molecule has 3 rings (SSSR count). The van der Waals surface area contributed by atoms with Crippen molar-refractivity contribution in [2.24, 2.45) is 0 Å². The van der Waals surface area contributed by atoms with Crippen LogP contribution < -0.4 is 10.5 Å². The molecular formula is C16H13BrN2O2. The van der Waals surface area contributed by atoms with Gasteiger partial charge < -0.3 is 15.0 Å². The SMILES string of the molecule is COc1ccccc1-c1onc(N)c1-c1ccc(Br)cc1. The fraction of sp³-hybridized carbons (Fsp3) is 0.0625. The first-order valence-corrected chi connectivity index (χ1v) is 7.14. The number of halogens is 1. The third-order valence-corrected chi connectivity index (χ3v) is 3.73. The van der Waals surface area contributed by atoms with Gasteiger partial charge >= 0.3 is 0 Å². The molecule has 3 aromatic rings. The summed E-state index contributed by atoms with van der Waals surface area (Å²) >= 11 is 3.42. The molecule has 0 amide bonds. The molecule has 106 valence electrons. The lowest BCUT2D eigenvalue weighted by molar-refractivity contribution is 0.407. The van der Waals surface area contributed by atoms with E-state index in [4.69, 9.17) is 15.0 Å². The molecule has 2 N–H and O–H groups in total. The maximum absolute atomic E-state index is 5.98. The maximum Gasteiger partial charge on any atom is 0.180 e. The number of hydrogen-bond acceptors (Lipinski definition) is 4. The molecule has 0 saturated carbocycles. The molecule has 5 heteroatoms. The maximum atomic E-state index is 5.98. The predicted molar refractivity (Wildman–Crippen MR) is 86.0 cm³/mol. The molecule has 0 fully saturated rings. The number of anilines is 1. The predicted octanol–water partition coefficient (Wildman–Crippen LogP) is 4.36. The zero-order valence-electron chi connectivity index (χ0n) is 11.3. The monoisotopic (exact) mass is 344 g/mol. The summed E-state index contributed by atoms with van der Waals surface area (Å²) in [4.78, 5) is 0. The number of ether oxygens (including phenoxy) is 1. The van der Waals surface area contributed by atoms with Crippen molar-refractivity contribution in [1.29, 1.82) is 0 Å². The minimum absolute atomic E-state index is 0.359. The van der Waals surface area contributed by atoms with Crippen molar-refractivity contribution in [3.05, 3.63) is 53.0 Å². The van der Waals surface area contributed by atoms with E-state index in [9.17, 15) is 0 Å². The standard InChI is InChI=1S/C16H13BrN2O2/c1-20-13-5-3-2-4-12(13)15-14(16(18)19-21-15)10-6-8-11(17)9-7-10/h2-9H,1H3,(H2,18,19). The summed E-state index contributed by atoms with van der Waals surface area (Å²) in [7, 11) is 1.62. The van der Waals surface area contributed by atoms with Gasteiger partial charge in [0, 0.05) is 4.47 Å². The van der Waals surface area contributed by atoms with Crippen molar-refractivity contribution >= 4 is 21.7 Å². The van der Waals surface area contributed by atoms with Crippen LogP contribution in [0.3, 0.4) is 0 Å². The van der Waals surface area contributed by atoms with Crippen LogP contribution in [-0.2, 0) is 0 Å². The largest absolute Gasteiger partial charge is 0.496 e. The van der Waals surface area contributed by atoms with Gasteiger partial charge in [-0.05, 0) is 29.8 Å². The lowest BCUT2D eigenvalue weighted by Crippen LogP contribution is -1.90. The zero-order valence-corrected chi connectivity index (χ0v) is 12.9. The Morgan fingerprint density at radius 2 is 1.81 bits per heavy atom. The highest BCUT2D eigenvalue weighted by Crippen LogP contribution is 2.40. The number of aromatic nitrogens is 1. The number of nitrogen functional groups attached to an aromatic ring is 1. The first-order valence-electron chi connectivity index (χ1n) is 6.35. The third kappa shape index (κ3) is 2.52. The average molecular weight is 345 g/mol. The van der Waals surface area contributed by atoms with Crippen LogP contribution in [0.25, 0.3) is 22.5 Å². The summed E-state index contributed by atoms with van der Waals surface area (Å²) in [5.74, 6) is 1.68. The molecule has 0 aliphatic carbocycles. The van der Waals surface area contributed by atoms with Crippen molar-refractivity contribution in [2.75, 3.05) is 12.8 Å². The fourth-order valence-corrected chi connectivity index (χ4v) is 2.48. The summed E-state index contributed by atoms with van der Waals surface area (Å²) in [5, 5.41) is 3.90. The minimum atomic E-state index is 0.359. The molecule has 0 aliphatic heterocycles. The Morgan fingerprint density at radius 1 is 1.10 bits per heavy atom. The fourth-order valence-electron chi connectivity index (χ4n) is 2.21. The number of methoxy groups -OCH3 is 1. The van der Waals surface area contributed by atoms with Crippen LogP contribution in [0.5, 0.6) is 5.75 Å². The second-order valence-electron chi connectivity index (χ2n) is 4.48. The highest BCUT2D eigenvalue weighted by molar-refractivity contribution is 9.10. The normalized spacial score (nSPS) is 10.6. The van der Waals surface area contributed by atoms with Gasteiger partial charge in [0.1, 0.15) is 5.75 Å². The van der Waals surface area contributed by atoms with E-state index in [1.165, 1.54) is 0 Å². The van der Waals surface area contributed by atoms with Gasteiger partial charge in [-0.25, -0.2) is 0 Å². The van der Waals surface area contributed by atoms with Crippen molar-refractivity contribution < 1.29 is 9.26 Å². The highest BCUT2D eigenvalue weighted by atomic mass is 79.9. The Bertz CT molecular complexity index is 766. The van der Waals surface area contributed by atoms with Gasteiger partial charge in [0.15, 0.2) is 11.6 Å². The van der Waals surface area contributed by atoms with E-state index >= 15 is 0 Å². The molecule has 0 radical (unpaired) electrons. The first-order chi connectivity index (χ1) is 10.2. The summed E-state index contributed by atoms with van der Waals surface area (Å²) < 4.78 is 11.8. The summed E-state index contributed by atoms with van der Waals surface area (Å²) in [6, 6.07) is 15.4. The van der Waals surface area contributed by atoms with E-state index in [1.807, 2.05) is 48.5 Å². The van der Waals surface area contributed by atoms with Crippen LogP contribution in [0.2, 0.25) is 0 Å². The molecular weight excluding hydrogens is 332 g/mol. The molecule has 1 heterocycles. The van der Waals surface area contributed by atoms with Crippen molar-refractivity contribution in [3.8, 4) is 28.2 Å². The number of nitrogens with two attached hydrogens (primary N) is 1. The number of rotatable bonds is 3. The zero-order chi connectivity index (χ0) is 14.8. The van der Waals surface area contributed by atoms with Crippen molar-refractivity contribution in [1.82, 2.24) is 5.16 Å². The number of nitrogens with zero attached hydrogens (tertiary/aromatic N) is 1.